The summed E-state index contributed by atoms with van der Waals surface area (Å²) in [5.41, 5.74) is 3.02. The molecule has 0 heterocycles. The van der Waals surface area contributed by atoms with Crippen LogP contribution in [0.4, 0.5) is 8.78 Å². The molecule has 35 heavy (non-hydrogen) atoms. The van der Waals surface area contributed by atoms with Crippen LogP contribution in [0.1, 0.15) is 22.3 Å². The zero-order chi connectivity index (χ0) is 26.3. The summed E-state index contributed by atoms with van der Waals surface area (Å²) < 4.78 is 41.5. The van der Waals surface area contributed by atoms with Gasteiger partial charge in [0, 0.05) is 35.1 Å². The van der Waals surface area contributed by atoms with Crippen molar-refractivity contribution < 1.29 is 37.7 Å². The first-order chi connectivity index (χ1) is 16.5. The van der Waals surface area contributed by atoms with E-state index >= 15 is 0 Å². The van der Waals surface area contributed by atoms with Gasteiger partial charge in [-0.05, 0) is 35.4 Å². The van der Waals surface area contributed by atoms with E-state index in [2.05, 4.69) is 56.7 Å². The standard InChI is InChI=1S/C12H11FO3.C11H9FO3.BBr3/c1-15-10-4-3-7-5-8(12(14)16-2)6-9(7)11(10)13;1-15-11(14)7-4-6-2-3-9(13)10(12)8(6)5-7;2-1(3)4/h3-4,6H,5H2,1-2H3;2-3,5,13H,4H2,1H3;. The van der Waals surface area contributed by atoms with Gasteiger partial charge in [-0.3, -0.25) is 0 Å². The van der Waals surface area contributed by atoms with Gasteiger partial charge in [0.1, 0.15) is 0 Å². The predicted octanol–water partition coefficient (Wildman–Crippen LogP) is 5.75. The van der Waals surface area contributed by atoms with E-state index in [-0.39, 0.29) is 14.5 Å². The number of esters is 2. The van der Waals surface area contributed by atoms with Crippen molar-refractivity contribution in [1.29, 1.82) is 0 Å². The monoisotopic (exact) mass is 678 g/mol. The van der Waals surface area contributed by atoms with E-state index in [1.807, 2.05) is 0 Å². The van der Waals surface area contributed by atoms with Gasteiger partial charge in [0.05, 0.1) is 21.3 Å². The fourth-order valence-electron chi connectivity index (χ4n) is 3.40. The Kier molecular flexibility index (Phi) is 11.0. The third kappa shape index (κ3) is 7.41. The molecule has 0 aromatic heterocycles. The number of ether oxygens (including phenoxy) is 3. The number of hydrogen-bond acceptors (Lipinski definition) is 6. The van der Waals surface area contributed by atoms with Crippen LogP contribution in [0.5, 0.6) is 11.5 Å². The molecule has 1 N–H and O–H groups in total. The SMILES string of the molecule is BrB(Br)Br.COC(=O)C1=Cc2c(ccc(O)c2F)C1.COC(=O)C1=Cc2c(ccc(OC)c2F)C1. The summed E-state index contributed by atoms with van der Waals surface area (Å²) in [6.45, 7) is 0. The summed E-state index contributed by atoms with van der Waals surface area (Å²) in [5, 5.41) is 9.15. The number of aromatic hydroxyl groups is 1. The molecule has 0 atom stereocenters. The Labute approximate surface area is 226 Å². The van der Waals surface area contributed by atoms with Crippen LogP contribution in [-0.4, -0.2) is 41.6 Å². The van der Waals surface area contributed by atoms with Crippen molar-refractivity contribution in [3.05, 3.63) is 69.3 Å². The van der Waals surface area contributed by atoms with Crippen molar-refractivity contribution in [3.8, 4) is 11.5 Å². The maximum atomic E-state index is 13.8. The second-order valence-corrected chi connectivity index (χ2v) is 13.5. The first-order valence-corrected chi connectivity index (χ1v) is 12.6. The van der Waals surface area contributed by atoms with Gasteiger partial charge < -0.3 is 19.3 Å². The molecule has 6 nitrogen and oxygen atoms in total. The molecule has 186 valence electrons. The van der Waals surface area contributed by atoms with Crippen LogP contribution >= 0.6 is 47.3 Å². The van der Waals surface area contributed by atoms with Crippen molar-refractivity contribution in [2.45, 2.75) is 12.8 Å². The summed E-state index contributed by atoms with van der Waals surface area (Å²) >= 11 is 9.31. The summed E-state index contributed by atoms with van der Waals surface area (Å²) in [7, 11) is 3.99. The first-order valence-electron chi connectivity index (χ1n) is 9.89. The molecule has 0 fully saturated rings. The lowest BCUT2D eigenvalue weighted by Gasteiger charge is -2.05. The number of rotatable bonds is 3. The number of halogens is 5. The number of carbonyl (C=O) groups excluding carboxylic acids is 2. The lowest BCUT2D eigenvalue weighted by atomic mass is 10.1. The maximum absolute atomic E-state index is 13.8. The molecule has 2 aliphatic carbocycles. The van der Waals surface area contributed by atoms with Crippen LogP contribution in [-0.2, 0) is 31.9 Å². The van der Waals surface area contributed by atoms with Gasteiger partial charge >= 0.3 is 15.1 Å². The van der Waals surface area contributed by atoms with Crippen LogP contribution in [0.25, 0.3) is 12.2 Å². The molecule has 0 amide bonds. The van der Waals surface area contributed by atoms with E-state index in [4.69, 9.17) is 9.84 Å². The zero-order valence-corrected chi connectivity index (χ0v) is 23.6. The molecular formula is C23H20BBr3F2O6. The van der Waals surface area contributed by atoms with E-state index in [9.17, 15) is 18.4 Å². The average molecular weight is 681 g/mol. The van der Waals surface area contributed by atoms with E-state index < -0.39 is 29.3 Å². The normalized spacial score (nSPS) is 12.5. The van der Waals surface area contributed by atoms with Crippen LogP contribution in [0, 0.1) is 11.6 Å². The number of fused-ring (bicyclic) bond motifs is 2. The Morgan fingerprint density at radius 1 is 0.829 bits per heavy atom. The van der Waals surface area contributed by atoms with Crippen molar-refractivity contribution >= 4 is 74.5 Å². The van der Waals surface area contributed by atoms with Gasteiger partial charge in [-0.2, -0.15) is 0 Å². The summed E-state index contributed by atoms with van der Waals surface area (Å²) in [6.07, 6.45) is 3.68. The molecule has 2 aromatic carbocycles. The lowest BCUT2D eigenvalue weighted by Crippen LogP contribution is -2.03. The van der Waals surface area contributed by atoms with Crippen LogP contribution in [0.3, 0.4) is 0 Å². The maximum Gasteiger partial charge on any atom is 0.369 e. The zero-order valence-electron chi connectivity index (χ0n) is 18.8. The second-order valence-electron chi connectivity index (χ2n) is 7.05. The van der Waals surface area contributed by atoms with Gasteiger partial charge in [0.15, 0.2) is 23.1 Å². The van der Waals surface area contributed by atoms with E-state index in [1.54, 1.807) is 18.2 Å². The van der Waals surface area contributed by atoms with Gasteiger partial charge in [0.25, 0.3) is 0 Å². The highest BCUT2D eigenvalue weighted by Crippen LogP contribution is 2.33. The van der Waals surface area contributed by atoms with Crippen molar-refractivity contribution in [2.75, 3.05) is 21.3 Å². The molecule has 0 saturated heterocycles. The number of carbonyl (C=O) groups is 2. The van der Waals surface area contributed by atoms with Crippen LogP contribution in [0.2, 0.25) is 0 Å². The second kappa shape index (κ2) is 13.2. The highest BCUT2D eigenvalue weighted by molar-refractivity contribution is 9.69. The van der Waals surface area contributed by atoms with Crippen molar-refractivity contribution in [2.24, 2.45) is 0 Å². The quantitative estimate of drug-likeness (QED) is 0.329. The summed E-state index contributed by atoms with van der Waals surface area (Å²) in [5.74, 6) is -2.23. The highest BCUT2D eigenvalue weighted by Gasteiger charge is 2.24. The van der Waals surface area contributed by atoms with Gasteiger partial charge in [-0.1, -0.05) is 12.1 Å². The molecule has 0 aliphatic heterocycles. The fraction of sp³-hybridized carbons (Fsp3) is 0.217. The summed E-state index contributed by atoms with van der Waals surface area (Å²) in [6, 6.07) is 6.19. The predicted molar refractivity (Wildman–Crippen MR) is 141 cm³/mol. The van der Waals surface area contributed by atoms with Gasteiger partial charge in [-0.25, -0.2) is 18.4 Å². The van der Waals surface area contributed by atoms with E-state index in [0.29, 0.717) is 35.1 Å². The number of benzene rings is 2. The molecule has 0 spiro atoms. The molecule has 0 saturated carbocycles. The topological polar surface area (TPSA) is 82.1 Å². The number of phenolic OH excluding ortho intramolecular Hbond substituents is 1. The minimum atomic E-state index is -0.689. The summed E-state index contributed by atoms with van der Waals surface area (Å²) in [4.78, 5) is 22.5. The van der Waals surface area contributed by atoms with Gasteiger partial charge in [0.2, 0.25) is 0 Å². The number of hydrogen-bond donors (Lipinski definition) is 1. The first kappa shape index (κ1) is 29.1. The fourth-order valence-corrected chi connectivity index (χ4v) is 3.40. The Bertz CT molecular complexity index is 1180. The van der Waals surface area contributed by atoms with E-state index in [0.717, 1.165) is 5.56 Å². The average Bonchev–Trinajstić information content (AvgIpc) is 3.46. The molecule has 0 radical (unpaired) electrons. The highest BCUT2D eigenvalue weighted by atomic mass is 79.9. The third-order valence-corrected chi connectivity index (χ3v) is 5.00. The Balaban J connectivity index is 0.000000215. The van der Waals surface area contributed by atoms with Crippen molar-refractivity contribution in [1.82, 2.24) is 0 Å². The van der Waals surface area contributed by atoms with Crippen LogP contribution < -0.4 is 4.74 Å². The Morgan fingerprint density at radius 2 is 1.26 bits per heavy atom. The smallest absolute Gasteiger partial charge is 0.369 e. The molecule has 12 heteroatoms. The molecule has 2 aliphatic rings. The third-order valence-electron chi connectivity index (χ3n) is 5.00. The number of phenols is 1. The molecule has 2 aromatic rings. The molecule has 4 rings (SSSR count). The molecular weight excluding hydrogens is 661 g/mol. The number of methoxy groups -OCH3 is 3. The van der Waals surface area contributed by atoms with Crippen LogP contribution in [0.15, 0.2) is 35.4 Å². The molecule has 0 unspecified atom stereocenters. The largest absolute Gasteiger partial charge is 0.505 e. The minimum Gasteiger partial charge on any atom is -0.505 e. The Hall–Kier alpha value is -2.18. The van der Waals surface area contributed by atoms with Gasteiger partial charge in [-0.15, -0.1) is 47.3 Å². The minimum absolute atomic E-state index is 0.182. The van der Waals surface area contributed by atoms with Crippen molar-refractivity contribution in [3.63, 3.8) is 0 Å². The Morgan fingerprint density at radius 3 is 1.69 bits per heavy atom. The van der Waals surface area contributed by atoms with E-state index in [1.165, 1.54) is 39.5 Å². The molecule has 0 bridgehead atoms. The lowest BCUT2D eigenvalue weighted by molar-refractivity contribution is -0.136.